The van der Waals surface area contributed by atoms with Crippen LogP contribution in [0.2, 0.25) is 0 Å². The Balaban J connectivity index is 2.01. The highest BCUT2D eigenvalue weighted by atomic mass is 19.1. The van der Waals surface area contributed by atoms with Gasteiger partial charge in [-0.1, -0.05) is 6.08 Å². The van der Waals surface area contributed by atoms with E-state index < -0.39 is 24.0 Å². The highest BCUT2D eigenvalue weighted by molar-refractivity contribution is 5.56. The molecule has 0 radical (unpaired) electrons. The molecule has 144 valence electrons. The van der Waals surface area contributed by atoms with E-state index in [1.807, 2.05) is 13.0 Å². The summed E-state index contributed by atoms with van der Waals surface area (Å²) < 4.78 is 38.0. The number of hydrogen-bond donors (Lipinski definition) is 1. The smallest absolute Gasteiger partial charge is 0.203 e. The van der Waals surface area contributed by atoms with Crippen molar-refractivity contribution in [3.05, 3.63) is 29.3 Å². The molecule has 1 aromatic rings. The lowest BCUT2D eigenvalue weighted by Gasteiger charge is -2.48. The van der Waals surface area contributed by atoms with Gasteiger partial charge in [-0.2, -0.15) is 0 Å². The lowest BCUT2D eigenvalue weighted by molar-refractivity contribution is -0.184. The van der Waals surface area contributed by atoms with E-state index in [2.05, 4.69) is 0 Å². The molecule has 1 aliphatic heterocycles. The monoisotopic (exact) mass is 366 g/mol. The van der Waals surface area contributed by atoms with Crippen LogP contribution >= 0.6 is 0 Å². The summed E-state index contributed by atoms with van der Waals surface area (Å²) in [6.07, 6.45) is 0.700. The molecule has 1 heterocycles. The van der Waals surface area contributed by atoms with Crippen LogP contribution in [0.15, 0.2) is 23.8 Å². The lowest BCUT2D eigenvalue weighted by atomic mass is 9.71. The fourth-order valence-electron chi connectivity index (χ4n) is 4.12. The Morgan fingerprint density at radius 1 is 1.15 bits per heavy atom. The predicted molar refractivity (Wildman–Crippen MR) is 95.7 cm³/mol. The molecule has 5 atom stereocenters. The van der Waals surface area contributed by atoms with Crippen LogP contribution in [-0.4, -0.2) is 44.3 Å². The van der Waals surface area contributed by atoms with Crippen LogP contribution in [0.5, 0.6) is 17.2 Å². The van der Waals surface area contributed by atoms with Gasteiger partial charge in [0.2, 0.25) is 5.75 Å². The van der Waals surface area contributed by atoms with Crippen LogP contribution in [0, 0.1) is 5.92 Å². The summed E-state index contributed by atoms with van der Waals surface area (Å²) in [5, 5.41) is 10.5. The van der Waals surface area contributed by atoms with Crippen molar-refractivity contribution in [2.24, 2.45) is 5.92 Å². The zero-order chi connectivity index (χ0) is 19.1. The first kappa shape index (κ1) is 19.0. The number of allylic oxidation sites excluding steroid dienone is 1. The molecular weight excluding hydrogens is 339 g/mol. The van der Waals surface area contributed by atoms with E-state index in [4.69, 9.17) is 18.9 Å². The van der Waals surface area contributed by atoms with Gasteiger partial charge in [0.25, 0.3) is 0 Å². The van der Waals surface area contributed by atoms with Gasteiger partial charge in [0.05, 0.1) is 33.5 Å². The maximum atomic E-state index is 15.5. The third kappa shape index (κ3) is 3.05. The molecule has 1 aliphatic carbocycles. The zero-order valence-electron chi connectivity index (χ0n) is 15.9. The molecule has 1 fully saturated rings. The molecule has 0 saturated carbocycles. The van der Waals surface area contributed by atoms with Gasteiger partial charge in [-0.25, -0.2) is 4.39 Å². The van der Waals surface area contributed by atoms with Crippen molar-refractivity contribution in [3.63, 3.8) is 0 Å². The third-order valence-electron chi connectivity index (χ3n) is 5.63. The Labute approximate surface area is 153 Å². The molecule has 0 bridgehead atoms. The average Bonchev–Trinajstić information content (AvgIpc) is 2.62. The Morgan fingerprint density at radius 2 is 1.85 bits per heavy atom. The number of alkyl halides is 1. The SMILES string of the molecule is COc1ccc(C2CC(C)(F)[C@@H]3CC=C(C)[C@@H](O)[C@@H]3O2)c(OC)c1OC. The first-order chi connectivity index (χ1) is 12.3. The van der Waals surface area contributed by atoms with Gasteiger partial charge in [-0.3, -0.25) is 0 Å². The number of aliphatic hydroxyl groups excluding tert-OH is 1. The molecule has 3 rings (SSSR count). The molecule has 5 nitrogen and oxygen atoms in total. The normalized spacial score (nSPS) is 33.9. The molecule has 0 spiro atoms. The van der Waals surface area contributed by atoms with Crippen LogP contribution in [0.1, 0.15) is 38.4 Å². The second-order valence-corrected chi connectivity index (χ2v) is 7.23. The van der Waals surface area contributed by atoms with Gasteiger partial charge in [0.15, 0.2) is 11.5 Å². The van der Waals surface area contributed by atoms with E-state index in [1.165, 1.54) is 14.2 Å². The highest BCUT2D eigenvalue weighted by Crippen LogP contribution is 2.52. The van der Waals surface area contributed by atoms with Crippen molar-refractivity contribution in [2.45, 2.75) is 50.7 Å². The fourth-order valence-corrected chi connectivity index (χ4v) is 4.12. The molecule has 6 heteroatoms. The molecule has 1 aromatic carbocycles. The van der Waals surface area contributed by atoms with Gasteiger partial charge in [-0.15, -0.1) is 0 Å². The first-order valence-electron chi connectivity index (χ1n) is 8.82. The van der Waals surface area contributed by atoms with Crippen molar-refractivity contribution in [3.8, 4) is 17.2 Å². The maximum Gasteiger partial charge on any atom is 0.203 e. The molecule has 0 aromatic heterocycles. The van der Waals surface area contributed by atoms with Crippen molar-refractivity contribution in [2.75, 3.05) is 21.3 Å². The van der Waals surface area contributed by atoms with E-state index in [0.717, 1.165) is 5.57 Å². The van der Waals surface area contributed by atoms with Gasteiger partial charge in [0.1, 0.15) is 11.8 Å². The molecule has 2 unspecified atom stereocenters. The summed E-state index contributed by atoms with van der Waals surface area (Å²) in [4.78, 5) is 0. The van der Waals surface area contributed by atoms with E-state index in [-0.39, 0.29) is 12.3 Å². The number of methoxy groups -OCH3 is 3. The van der Waals surface area contributed by atoms with Crippen LogP contribution in [0.4, 0.5) is 4.39 Å². The van der Waals surface area contributed by atoms with E-state index in [9.17, 15) is 5.11 Å². The van der Waals surface area contributed by atoms with Gasteiger partial charge in [-0.05, 0) is 38.0 Å². The minimum atomic E-state index is -1.47. The number of hydrogen-bond acceptors (Lipinski definition) is 5. The summed E-state index contributed by atoms with van der Waals surface area (Å²) in [6, 6.07) is 3.56. The number of benzene rings is 1. The molecule has 1 N–H and O–H groups in total. The Hall–Kier alpha value is -1.79. The molecular formula is C20H27FO5. The Kier molecular flexibility index (Phi) is 5.17. The summed E-state index contributed by atoms with van der Waals surface area (Å²) in [6.45, 7) is 3.44. The van der Waals surface area contributed by atoms with Gasteiger partial charge >= 0.3 is 0 Å². The summed E-state index contributed by atoms with van der Waals surface area (Å²) in [5.74, 6) is 1.06. The van der Waals surface area contributed by atoms with Crippen LogP contribution in [0.25, 0.3) is 0 Å². The topological polar surface area (TPSA) is 57.2 Å². The number of fused-ring (bicyclic) bond motifs is 1. The van der Waals surface area contributed by atoms with Crippen molar-refractivity contribution in [1.29, 1.82) is 0 Å². The van der Waals surface area contributed by atoms with Gasteiger partial charge in [0, 0.05) is 17.9 Å². The standard InChI is InChI=1S/C20H27FO5/c1-11-6-8-13-18(16(11)22)26-15(10-20(13,2)21)12-7-9-14(23-3)19(25-5)17(12)24-4/h6-7,9,13,15-16,18,22H,8,10H2,1-5H3/t13-,15?,16-,18-,20?/m1/s1. The average molecular weight is 366 g/mol. The fraction of sp³-hybridized carbons (Fsp3) is 0.600. The minimum absolute atomic E-state index is 0.180. The van der Waals surface area contributed by atoms with Crippen molar-refractivity contribution in [1.82, 2.24) is 0 Å². The minimum Gasteiger partial charge on any atom is -0.493 e. The van der Waals surface area contributed by atoms with E-state index in [0.29, 0.717) is 29.2 Å². The second kappa shape index (κ2) is 7.08. The highest BCUT2D eigenvalue weighted by Gasteiger charge is 2.51. The largest absolute Gasteiger partial charge is 0.493 e. The quantitative estimate of drug-likeness (QED) is 0.825. The first-order valence-corrected chi connectivity index (χ1v) is 8.82. The number of aliphatic hydroxyl groups is 1. The van der Waals surface area contributed by atoms with E-state index >= 15 is 4.39 Å². The maximum absolute atomic E-state index is 15.5. The molecule has 0 amide bonds. The van der Waals surface area contributed by atoms with Crippen molar-refractivity contribution < 1.29 is 28.4 Å². The Bertz CT molecular complexity index is 700. The van der Waals surface area contributed by atoms with Crippen LogP contribution in [-0.2, 0) is 4.74 Å². The summed E-state index contributed by atoms with van der Waals surface area (Å²) in [5.41, 5.74) is 0.0399. The zero-order valence-corrected chi connectivity index (χ0v) is 15.9. The number of ether oxygens (including phenoxy) is 4. The Morgan fingerprint density at radius 3 is 2.46 bits per heavy atom. The van der Waals surface area contributed by atoms with Crippen LogP contribution < -0.4 is 14.2 Å². The number of rotatable bonds is 4. The molecule has 1 saturated heterocycles. The summed E-state index contributed by atoms with van der Waals surface area (Å²) in [7, 11) is 4.61. The van der Waals surface area contributed by atoms with Crippen LogP contribution in [0.3, 0.4) is 0 Å². The second-order valence-electron chi connectivity index (χ2n) is 7.23. The third-order valence-corrected chi connectivity index (χ3v) is 5.63. The molecule has 26 heavy (non-hydrogen) atoms. The van der Waals surface area contributed by atoms with Gasteiger partial charge < -0.3 is 24.1 Å². The van der Waals surface area contributed by atoms with E-state index in [1.54, 1.807) is 26.2 Å². The predicted octanol–water partition coefficient (Wildman–Crippen LogP) is 3.60. The molecule has 2 aliphatic rings. The summed E-state index contributed by atoms with van der Waals surface area (Å²) >= 11 is 0. The lowest BCUT2D eigenvalue weighted by Crippen LogP contribution is -2.53. The number of halogens is 1. The van der Waals surface area contributed by atoms with Crippen molar-refractivity contribution >= 4 is 0 Å².